The van der Waals surface area contributed by atoms with Crippen LogP contribution in [0.1, 0.15) is 48.5 Å². The lowest BCUT2D eigenvalue weighted by molar-refractivity contribution is 0.315. The highest BCUT2D eigenvalue weighted by Gasteiger charge is 2.22. The van der Waals surface area contributed by atoms with E-state index in [4.69, 9.17) is 10.1 Å². The molecule has 0 radical (unpaired) electrons. The van der Waals surface area contributed by atoms with Gasteiger partial charge in [-0.2, -0.15) is 5.10 Å². The lowest BCUT2D eigenvalue weighted by Gasteiger charge is -2.20. The molecule has 3 aromatic rings. The molecule has 0 aliphatic carbocycles. The number of rotatable bonds is 6. The highest BCUT2D eigenvalue weighted by Crippen LogP contribution is 2.23. The van der Waals surface area contributed by atoms with E-state index >= 15 is 0 Å². The largest absolute Gasteiger partial charge is 0.303 e. The van der Waals surface area contributed by atoms with Crippen molar-refractivity contribution < 1.29 is 0 Å². The molecule has 1 fully saturated rings. The molecule has 1 unspecified atom stereocenters. The van der Waals surface area contributed by atoms with E-state index in [1.807, 2.05) is 4.68 Å². The van der Waals surface area contributed by atoms with E-state index in [2.05, 4.69) is 54.0 Å². The molecular formula is C20H27N7. The van der Waals surface area contributed by atoms with Gasteiger partial charge in [-0.15, -0.1) is 5.10 Å². The maximum Gasteiger partial charge on any atom is 0.172 e. The van der Waals surface area contributed by atoms with Crippen LogP contribution in [-0.4, -0.2) is 54.1 Å². The Kier molecular flexibility index (Phi) is 5.03. The average molecular weight is 365 g/mol. The van der Waals surface area contributed by atoms with Gasteiger partial charge in [0.05, 0.1) is 5.69 Å². The maximum absolute atomic E-state index is 4.91. The summed E-state index contributed by atoms with van der Waals surface area (Å²) in [4.78, 5) is 11.5. The summed E-state index contributed by atoms with van der Waals surface area (Å²) in [6.45, 7) is 10.4. The van der Waals surface area contributed by atoms with Crippen molar-refractivity contribution in [1.82, 2.24) is 34.4 Å². The van der Waals surface area contributed by atoms with Crippen LogP contribution in [0, 0.1) is 13.8 Å². The highest BCUT2D eigenvalue weighted by atomic mass is 15.4. The van der Waals surface area contributed by atoms with Gasteiger partial charge in [-0.3, -0.25) is 0 Å². The molecular weight excluding hydrogens is 338 g/mol. The number of likely N-dealkylation sites (tertiary alicyclic amines) is 1. The second kappa shape index (κ2) is 7.60. The van der Waals surface area contributed by atoms with Crippen molar-refractivity contribution >= 4 is 0 Å². The standard InChI is InChI=1S/C20H27N7/c1-15-6-7-16(2)18(10-15)27-20(17(3)11-25-8-4-5-9-25)23-19(24-27)12-26-14-21-13-22-26/h6-7,10,13-14,17H,4-5,8-9,11-12H2,1-3H3. The number of hydrogen-bond donors (Lipinski definition) is 0. The summed E-state index contributed by atoms with van der Waals surface area (Å²) >= 11 is 0. The van der Waals surface area contributed by atoms with E-state index in [-0.39, 0.29) is 0 Å². The van der Waals surface area contributed by atoms with Crippen LogP contribution in [0.15, 0.2) is 30.9 Å². The molecule has 27 heavy (non-hydrogen) atoms. The third-order valence-corrected chi connectivity index (χ3v) is 5.21. The fourth-order valence-corrected chi connectivity index (χ4v) is 3.77. The maximum atomic E-state index is 4.91. The van der Waals surface area contributed by atoms with E-state index < -0.39 is 0 Å². The average Bonchev–Trinajstić information content (AvgIpc) is 3.39. The molecule has 0 saturated carbocycles. The zero-order valence-corrected chi connectivity index (χ0v) is 16.3. The Hall–Kier alpha value is -2.54. The summed E-state index contributed by atoms with van der Waals surface area (Å²) < 4.78 is 3.80. The topological polar surface area (TPSA) is 64.7 Å². The predicted octanol–water partition coefficient (Wildman–Crippen LogP) is 2.72. The molecule has 0 N–H and O–H groups in total. The third kappa shape index (κ3) is 3.93. The van der Waals surface area contributed by atoms with Crippen LogP contribution in [0.3, 0.4) is 0 Å². The van der Waals surface area contributed by atoms with Crippen molar-refractivity contribution in [1.29, 1.82) is 0 Å². The molecule has 1 aromatic carbocycles. The van der Waals surface area contributed by atoms with E-state index in [0.29, 0.717) is 12.5 Å². The third-order valence-electron chi connectivity index (χ3n) is 5.21. The number of nitrogens with zero attached hydrogens (tertiary/aromatic N) is 7. The number of aryl methyl sites for hydroxylation is 2. The van der Waals surface area contributed by atoms with E-state index in [1.54, 1.807) is 17.3 Å². The van der Waals surface area contributed by atoms with Gasteiger partial charge in [-0.1, -0.05) is 19.1 Å². The lowest BCUT2D eigenvalue weighted by Crippen LogP contribution is -2.26. The van der Waals surface area contributed by atoms with Gasteiger partial charge < -0.3 is 4.90 Å². The first kappa shape index (κ1) is 17.9. The second-order valence-electron chi connectivity index (χ2n) is 7.59. The smallest absolute Gasteiger partial charge is 0.172 e. The van der Waals surface area contributed by atoms with Gasteiger partial charge in [0, 0.05) is 12.5 Å². The summed E-state index contributed by atoms with van der Waals surface area (Å²) in [5, 5.41) is 9.04. The summed E-state index contributed by atoms with van der Waals surface area (Å²) in [6, 6.07) is 6.48. The van der Waals surface area contributed by atoms with E-state index in [9.17, 15) is 0 Å². The Morgan fingerprint density at radius 1 is 1.15 bits per heavy atom. The molecule has 7 heteroatoms. The quantitative estimate of drug-likeness (QED) is 0.672. The molecule has 3 heterocycles. The molecule has 1 saturated heterocycles. The summed E-state index contributed by atoms with van der Waals surface area (Å²) in [6.07, 6.45) is 5.84. The van der Waals surface area contributed by atoms with Gasteiger partial charge in [0.15, 0.2) is 5.82 Å². The van der Waals surface area contributed by atoms with Gasteiger partial charge in [0.1, 0.15) is 25.0 Å². The molecule has 7 nitrogen and oxygen atoms in total. The zero-order chi connectivity index (χ0) is 18.8. The highest BCUT2D eigenvalue weighted by molar-refractivity contribution is 5.43. The summed E-state index contributed by atoms with van der Waals surface area (Å²) in [5.74, 6) is 2.09. The molecule has 1 atom stereocenters. The minimum absolute atomic E-state index is 0.306. The fourth-order valence-electron chi connectivity index (χ4n) is 3.77. The van der Waals surface area contributed by atoms with Crippen LogP contribution in [0.5, 0.6) is 0 Å². The van der Waals surface area contributed by atoms with Gasteiger partial charge in [0.2, 0.25) is 0 Å². The predicted molar refractivity (Wildman–Crippen MR) is 104 cm³/mol. The Labute approximate surface area is 160 Å². The first-order valence-corrected chi connectivity index (χ1v) is 9.68. The Balaban J connectivity index is 1.70. The molecule has 2 aromatic heterocycles. The first-order valence-electron chi connectivity index (χ1n) is 9.68. The van der Waals surface area contributed by atoms with Gasteiger partial charge in [0.25, 0.3) is 0 Å². The first-order chi connectivity index (χ1) is 13.1. The number of hydrogen-bond acceptors (Lipinski definition) is 5. The van der Waals surface area contributed by atoms with Crippen molar-refractivity contribution in [2.24, 2.45) is 0 Å². The van der Waals surface area contributed by atoms with Crippen LogP contribution < -0.4 is 0 Å². The Morgan fingerprint density at radius 2 is 1.96 bits per heavy atom. The fraction of sp³-hybridized carbons (Fsp3) is 0.500. The van der Waals surface area contributed by atoms with Crippen LogP contribution >= 0.6 is 0 Å². The molecule has 0 bridgehead atoms. The van der Waals surface area contributed by atoms with Crippen LogP contribution in [0.2, 0.25) is 0 Å². The zero-order valence-electron chi connectivity index (χ0n) is 16.3. The SMILES string of the molecule is Cc1ccc(C)c(-n2nc(Cn3cncn3)nc2C(C)CN2CCCC2)c1. The van der Waals surface area contributed by atoms with Crippen molar-refractivity contribution in [3.05, 3.63) is 53.6 Å². The normalized spacial score (nSPS) is 16.1. The Bertz CT molecular complexity index is 891. The summed E-state index contributed by atoms with van der Waals surface area (Å²) in [5.41, 5.74) is 3.53. The molecule has 1 aliphatic heterocycles. The van der Waals surface area contributed by atoms with Crippen LogP contribution in [0.25, 0.3) is 5.69 Å². The summed E-state index contributed by atoms with van der Waals surface area (Å²) in [7, 11) is 0. The van der Waals surface area contributed by atoms with Gasteiger partial charge in [-0.05, 0) is 57.0 Å². The molecule has 1 aliphatic rings. The second-order valence-corrected chi connectivity index (χ2v) is 7.59. The van der Waals surface area contributed by atoms with E-state index in [0.717, 1.165) is 23.9 Å². The van der Waals surface area contributed by atoms with Crippen LogP contribution in [0.4, 0.5) is 0 Å². The minimum Gasteiger partial charge on any atom is -0.303 e. The van der Waals surface area contributed by atoms with Gasteiger partial charge >= 0.3 is 0 Å². The van der Waals surface area contributed by atoms with Crippen LogP contribution in [-0.2, 0) is 6.54 Å². The lowest BCUT2D eigenvalue weighted by atomic mass is 10.1. The van der Waals surface area contributed by atoms with Gasteiger partial charge in [-0.25, -0.2) is 19.3 Å². The Morgan fingerprint density at radius 3 is 2.70 bits per heavy atom. The van der Waals surface area contributed by atoms with Crippen molar-refractivity contribution in [3.8, 4) is 5.69 Å². The monoisotopic (exact) mass is 365 g/mol. The molecule has 142 valence electrons. The van der Waals surface area contributed by atoms with Crippen molar-refractivity contribution in [3.63, 3.8) is 0 Å². The van der Waals surface area contributed by atoms with Crippen molar-refractivity contribution in [2.75, 3.05) is 19.6 Å². The van der Waals surface area contributed by atoms with Crippen molar-refractivity contribution in [2.45, 2.75) is 46.1 Å². The molecule has 4 rings (SSSR count). The van der Waals surface area contributed by atoms with E-state index in [1.165, 1.54) is 37.1 Å². The minimum atomic E-state index is 0.306. The number of aromatic nitrogens is 6. The number of benzene rings is 1. The molecule has 0 amide bonds. The molecule has 0 spiro atoms.